The van der Waals surface area contributed by atoms with Crippen LogP contribution < -0.4 is 0 Å². The van der Waals surface area contributed by atoms with Crippen LogP contribution in [0, 0.1) is 0 Å². The van der Waals surface area contributed by atoms with E-state index in [0.717, 1.165) is 42.8 Å². The van der Waals surface area contributed by atoms with Gasteiger partial charge in [-0.1, -0.05) is 6.92 Å². The molecule has 0 spiro atoms. The number of hydrogen-bond donors (Lipinski definition) is 0. The summed E-state index contributed by atoms with van der Waals surface area (Å²) in [5.41, 5.74) is 0.824. The lowest BCUT2D eigenvalue weighted by atomic mass is 10.1. The Morgan fingerprint density at radius 3 is 3.05 bits per heavy atom. The summed E-state index contributed by atoms with van der Waals surface area (Å²) in [7, 11) is 0. The molecule has 1 aromatic rings. The zero-order chi connectivity index (χ0) is 14.1. The fourth-order valence-corrected chi connectivity index (χ4v) is 3.88. The van der Waals surface area contributed by atoms with Crippen LogP contribution in [0.3, 0.4) is 0 Å². The number of amides is 1. The molecule has 0 radical (unpaired) electrons. The van der Waals surface area contributed by atoms with Crippen molar-refractivity contribution in [3.05, 3.63) is 22.4 Å². The highest BCUT2D eigenvalue weighted by molar-refractivity contribution is 9.10. The molecule has 0 bridgehead atoms. The maximum atomic E-state index is 12.8. The van der Waals surface area contributed by atoms with Crippen molar-refractivity contribution in [2.75, 3.05) is 26.2 Å². The van der Waals surface area contributed by atoms with Gasteiger partial charge in [-0.15, -0.1) is 0 Å². The zero-order valence-electron chi connectivity index (χ0n) is 12.0. The third-order valence-corrected chi connectivity index (χ3v) is 4.86. The van der Waals surface area contributed by atoms with Crippen molar-refractivity contribution in [2.45, 2.75) is 38.8 Å². The van der Waals surface area contributed by atoms with E-state index in [-0.39, 0.29) is 5.91 Å². The van der Waals surface area contributed by atoms with Gasteiger partial charge >= 0.3 is 0 Å². The monoisotopic (exact) mass is 339 g/mol. The molecule has 20 heavy (non-hydrogen) atoms. The third kappa shape index (κ3) is 2.66. The van der Waals surface area contributed by atoms with Gasteiger partial charge in [-0.25, -0.2) is 0 Å². The third-order valence-electron chi connectivity index (χ3n) is 4.42. The van der Waals surface area contributed by atoms with E-state index in [9.17, 15) is 4.79 Å². The number of nitrogens with zero attached hydrogens (tertiary/aromatic N) is 3. The van der Waals surface area contributed by atoms with Gasteiger partial charge < -0.3 is 9.47 Å². The van der Waals surface area contributed by atoms with Gasteiger partial charge in [0.05, 0.1) is 0 Å². The first-order chi connectivity index (χ1) is 9.69. The predicted octanol–water partition coefficient (Wildman–Crippen LogP) is 2.58. The second-order valence-electron chi connectivity index (χ2n) is 5.82. The molecule has 2 saturated heterocycles. The lowest BCUT2D eigenvalue weighted by Gasteiger charge is -2.37. The lowest BCUT2D eigenvalue weighted by Crippen LogP contribution is -2.52. The lowest BCUT2D eigenvalue weighted by molar-refractivity contribution is 0.0561. The van der Waals surface area contributed by atoms with Crippen molar-refractivity contribution in [3.63, 3.8) is 0 Å². The summed E-state index contributed by atoms with van der Waals surface area (Å²) in [5.74, 6) is 0.190. The number of halogens is 1. The fraction of sp³-hybridized carbons (Fsp3) is 0.667. The van der Waals surface area contributed by atoms with Crippen LogP contribution in [0.4, 0.5) is 0 Å². The molecule has 0 aliphatic carbocycles. The van der Waals surface area contributed by atoms with Crippen LogP contribution in [0.25, 0.3) is 0 Å². The number of rotatable bonds is 3. The minimum atomic E-state index is 0.190. The molecule has 110 valence electrons. The molecule has 3 heterocycles. The van der Waals surface area contributed by atoms with Gasteiger partial charge in [0.2, 0.25) is 0 Å². The summed E-state index contributed by atoms with van der Waals surface area (Å²) in [5, 5.41) is 0. The largest absolute Gasteiger partial charge is 0.342 e. The molecule has 0 saturated carbocycles. The molecule has 3 rings (SSSR count). The van der Waals surface area contributed by atoms with E-state index in [1.54, 1.807) is 0 Å². The predicted molar refractivity (Wildman–Crippen MR) is 82.9 cm³/mol. The van der Waals surface area contributed by atoms with Gasteiger partial charge in [0.25, 0.3) is 5.91 Å². The van der Waals surface area contributed by atoms with Gasteiger partial charge in [-0.05, 0) is 47.8 Å². The number of aryl methyl sites for hydroxylation is 1. The maximum absolute atomic E-state index is 12.8. The first-order valence-corrected chi connectivity index (χ1v) is 8.37. The molecule has 0 aromatic carbocycles. The molecule has 2 fully saturated rings. The maximum Gasteiger partial charge on any atom is 0.270 e. The van der Waals surface area contributed by atoms with Crippen molar-refractivity contribution in [1.29, 1.82) is 0 Å². The van der Waals surface area contributed by atoms with E-state index < -0.39 is 0 Å². The number of fused-ring (bicyclic) bond motifs is 1. The topological polar surface area (TPSA) is 28.5 Å². The van der Waals surface area contributed by atoms with Crippen molar-refractivity contribution in [3.8, 4) is 0 Å². The molecule has 2 aliphatic heterocycles. The van der Waals surface area contributed by atoms with E-state index >= 15 is 0 Å². The molecule has 1 amide bonds. The molecule has 1 unspecified atom stereocenters. The minimum Gasteiger partial charge on any atom is -0.342 e. The normalized spacial score (nSPS) is 23.1. The number of hydrogen-bond acceptors (Lipinski definition) is 2. The van der Waals surface area contributed by atoms with Crippen LogP contribution in [0.5, 0.6) is 0 Å². The summed E-state index contributed by atoms with van der Waals surface area (Å²) < 4.78 is 3.07. The van der Waals surface area contributed by atoms with Crippen LogP contribution >= 0.6 is 15.9 Å². The van der Waals surface area contributed by atoms with Crippen LogP contribution in [-0.2, 0) is 6.54 Å². The Labute approximate surface area is 128 Å². The average molecular weight is 340 g/mol. The van der Waals surface area contributed by atoms with Gasteiger partial charge in [-0.2, -0.15) is 0 Å². The van der Waals surface area contributed by atoms with Gasteiger partial charge in [0.15, 0.2) is 0 Å². The van der Waals surface area contributed by atoms with Gasteiger partial charge in [-0.3, -0.25) is 9.69 Å². The van der Waals surface area contributed by atoms with Crippen molar-refractivity contribution >= 4 is 21.8 Å². The molecule has 1 aromatic heterocycles. The quantitative estimate of drug-likeness (QED) is 0.846. The number of aromatic nitrogens is 1. The van der Waals surface area contributed by atoms with Crippen LogP contribution in [0.15, 0.2) is 16.7 Å². The van der Waals surface area contributed by atoms with Crippen LogP contribution in [0.1, 0.15) is 36.7 Å². The van der Waals surface area contributed by atoms with Gasteiger partial charge in [0.1, 0.15) is 5.69 Å². The van der Waals surface area contributed by atoms with E-state index in [0.29, 0.717) is 6.04 Å². The minimum absolute atomic E-state index is 0.190. The summed E-state index contributed by atoms with van der Waals surface area (Å²) in [6, 6.07) is 2.55. The molecule has 4 nitrogen and oxygen atoms in total. The molecule has 1 atom stereocenters. The highest BCUT2D eigenvalue weighted by atomic mass is 79.9. The second-order valence-corrected chi connectivity index (χ2v) is 6.74. The second kappa shape index (κ2) is 5.90. The molecule has 5 heteroatoms. The molecule has 2 aliphatic rings. The number of piperazine rings is 1. The van der Waals surface area contributed by atoms with E-state index in [4.69, 9.17) is 0 Å². The van der Waals surface area contributed by atoms with Gasteiger partial charge in [0, 0.05) is 42.9 Å². The summed E-state index contributed by atoms with van der Waals surface area (Å²) in [6.45, 7) is 7.05. The highest BCUT2D eigenvalue weighted by Crippen LogP contribution is 2.24. The Morgan fingerprint density at radius 2 is 2.25 bits per heavy atom. The smallest absolute Gasteiger partial charge is 0.270 e. The Balaban J connectivity index is 1.75. The van der Waals surface area contributed by atoms with Crippen molar-refractivity contribution in [2.24, 2.45) is 0 Å². The standard InChI is InChI=1S/C15H22BrN3O/c1-2-5-18-10-12(16)9-14(18)15(20)19-8-7-17-6-3-4-13(17)11-19/h9-10,13H,2-8,11H2,1H3. The summed E-state index contributed by atoms with van der Waals surface area (Å²) in [6.07, 6.45) is 5.58. The van der Waals surface area contributed by atoms with Crippen LogP contribution in [0.2, 0.25) is 0 Å². The molecule has 0 N–H and O–H groups in total. The molecular formula is C15H22BrN3O. The molecular weight excluding hydrogens is 318 g/mol. The fourth-order valence-electron chi connectivity index (χ4n) is 3.42. The highest BCUT2D eigenvalue weighted by Gasteiger charge is 2.33. The zero-order valence-corrected chi connectivity index (χ0v) is 13.6. The van der Waals surface area contributed by atoms with Crippen LogP contribution in [-0.4, -0.2) is 52.5 Å². The Kier molecular flexibility index (Phi) is 4.17. The summed E-state index contributed by atoms with van der Waals surface area (Å²) in [4.78, 5) is 17.3. The number of carbonyl (C=O) groups excluding carboxylic acids is 1. The first kappa shape index (κ1) is 14.1. The summed E-state index contributed by atoms with van der Waals surface area (Å²) >= 11 is 3.49. The van der Waals surface area contributed by atoms with E-state index in [2.05, 4.69) is 32.3 Å². The van der Waals surface area contributed by atoms with Crippen molar-refractivity contribution in [1.82, 2.24) is 14.4 Å². The number of carbonyl (C=O) groups is 1. The first-order valence-electron chi connectivity index (χ1n) is 7.58. The average Bonchev–Trinajstić information content (AvgIpc) is 3.04. The Bertz CT molecular complexity index is 499. The Hall–Kier alpha value is -0.810. The van der Waals surface area contributed by atoms with Crippen molar-refractivity contribution < 1.29 is 4.79 Å². The van der Waals surface area contributed by atoms with E-state index in [1.165, 1.54) is 19.4 Å². The Morgan fingerprint density at radius 1 is 1.40 bits per heavy atom. The van der Waals surface area contributed by atoms with E-state index in [1.807, 2.05) is 17.2 Å². The SMILES string of the molecule is CCCn1cc(Br)cc1C(=O)N1CCN2CCCC2C1.